The first-order valence-corrected chi connectivity index (χ1v) is 6.55. The van der Waals surface area contributed by atoms with E-state index in [1.165, 1.54) is 4.88 Å². The van der Waals surface area contributed by atoms with Crippen LogP contribution in [0.2, 0.25) is 0 Å². The summed E-state index contributed by atoms with van der Waals surface area (Å²) >= 11 is 1.63. The minimum Gasteiger partial charge on any atom is -0.378 e. The number of amides is 1. The third-order valence-electron chi connectivity index (χ3n) is 2.59. The standard InChI is InChI=1S/C13H15N3OS/c1-9(12-7-15-8-18-12)16-11-4-2-10(3-5-11)6-13(14)17/h2-5,7-9,16H,6H2,1H3,(H2,14,17). The molecular weight excluding hydrogens is 246 g/mol. The quantitative estimate of drug-likeness (QED) is 0.868. The molecule has 0 saturated heterocycles. The SMILES string of the molecule is CC(Nc1ccc(CC(N)=O)cc1)c1cncs1. The largest absolute Gasteiger partial charge is 0.378 e. The van der Waals surface area contributed by atoms with E-state index in [2.05, 4.69) is 17.2 Å². The van der Waals surface area contributed by atoms with E-state index >= 15 is 0 Å². The number of carbonyl (C=O) groups excluding carboxylic acids is 1. The van der Waals surface area contributed by atoms with Crippen molar-refractivity contribution in [3.63, 3.8) is 0 Å². The van der Waals surface area contributed by atoms with Crippen molar-refractivity contribution in [3.8, 4) is 0 Å². The van der Waals surface area contributed by atoms with E-state index in [9.17, 15) is 4.79 Å². The summed E-state index contributed by atoms with van der Waals surface area (Å²) in [6, 6.07) is 7.95. The number of thiazole rings is 1. The molecule has 18 heavy (non-hydrogen) atoms. The molecule has 2 aromatic rings. The lowest BCUT2D eigenvalue weighted by Crippen LogP contribution is -2.13. The summed E-state index contributed by atoms with van der Waals surface area (Å²) in [6.07, 6.45) is 2.15. The molecule has 94 valence electrons. The molecule has 0 saturated carbocycles. The van der Waals surface area contributed by atoms with E-state index in [-0.39, 0.29) is 18.4 Å². The molecule has 2 rings (SSSR count). The van der Waals surface area contributed by atoms with Crippen molar-refractivity contribution in [3.05, 3.63) is 46.4 Å². The van der Waals surface area contributed by atoms with Gasteiger partial charge in [-0.05, 0) is 24.6 Å². The van der Waals surface area contributed by atoms with Crippen LogP contribution >= 0.6 is 11.3 Å². The van der Waals surface area contributed by atoms with Crippen LogP contribution < -0.4 is 11.1 Å². The summed E-state index contributed by atoms with van der Waals surface area (Å²) in [7, 11) is 0. The lowest BCUT2D eigenvalue weighted by molar-refractivity contribution is -0.117. The number of nitrogens with two attached hydrogens (primary N) is 1. The van der Waals surface area contributed by atoms with Crippen molar-refractivity contribution in [1.29, 1.82) is 0 Å². The number of hydrogen-bond donors (Lipinski definition) is 2. The van der Waals surface area contributed by atoms with Crippen LogP contribution in [0.3, 0.4) is 0 Å². The third-order valence-corrected chi connectivity index (χ3v) is 3.55. The van der Waals surface area contributed by atoms with Crippen LogP contribution in [-0.2, 0) is 11.2 Å². The summed E-state index contributed by atoms with van der Waals surface area (Å²) in [4.78, 5) is 16.0. The molecule has 1 heterocycles. The van der Waals surface area contributed by atoms with Crippen molar-refractivity contribution >= 4 is 22.9 Å². The summed E-state index contributed by atoms with van der Waals surface area (Å²) in [5.41, 5.74) is 8.92. The maximum absolute atomic E-state index is 10.8. The fourth-order valence-electron chi connectivity index (χ4n) is 1.68. The highest BCUT2D eigenvalue weighted by molar-refractivity contribution is 7.09. The Morgan fingerprint density at radius 3 is 2.72 bits per heavy atom. The Morgan fingerprint density at radius 1 is 1.44 bits per heavy atom. The van der Waals surface area contributed by atoms with E-state index < -0.39 is 0 Å². The maximum Gasteiger partial charge on any atom is 0.221 e. The number of hydrogen-bond acceptors (Lipinski definition) is 4. The van der Waals surface area contributed by atoms with Gasteiger partial charge in [-0.3, -0.25) is 9.78 Å². The van der Waals surface area contributed by atoms with Gasteiger partial charge in [0.2, 0.25) is 5.91 Å². The van der Waals surface area contributed by atoms with Crippen LogP contribution in [0.4, 0.5) is 5.69 Å². The predicted octanol–water partition coefficient (Wildman–Crippen LogP) is 2.34. The topological polar surface area (TPSA) is 68.0 Å². The summed E-state index contributed by atoms with van der Waals surface area (Å²) in [5.74, 6) is -0.311. The van der Waals surface area contributed by atoms with Crippen LogP contribution in [0, 0.1) is 0 Å². The molecule has 0 bridgehead atoms. The molecule has 4 nitrogen and oxygen atoms in total. The number of primary amides is 1. The van der Waals surface area contributed by atoms with Crippen LogP contribution in [0.15, 0.2) is 36.0 Å². The molecule has 3 N–H and O–H groups in total. The molecule has 0 aliphatic heterocycles. The Balaban J connectivity index is 2.00. The molecule has 1 aromatic carbocycles. The highest BCUT2D eigenvalue weighted by atomic mass is 32.1. The van der Waals surface area contributed by atoms with Crippen LogP contribution in [-0.4, -0.2) is 10.9 Å². The first-order valence-electron chi connectivity index (χ1n) is 5.67. The molecule has 0 spiro atoms. The van der Waals surface area contributed by atoms with Crippen molar-refractivity contribution in [2.24, 2.45) is 5.73 Å². The van der Waals surface area contributed by atoms with Gasteiger partial charge < -0.3 is 11.1 Å². The molecule has 0 aliphatic rings. The Bertz CT molecular complexity index is 508. The second-order valence-electron chi connectivity index (χ2n) is 4.11. The minimum atomic E-state index is -0.311. The summed E-state index contributed by atoms with van der Waals surface area (Å²) < 4.78 is 0. The van der Waals surface area contributed by atoms with Crippen molar-refractivity contribution in [2.45, 2.75) is 19.4 Å². The average molecular weight is 261 g/mol. The predicted molar refractivity (Wildman–Crippen MR) is 73.5 cm³/mol. The number of aromatic nitrogens is 1. The third kappa shape index (κ3) is 3.30. The number of nitrogens with one attached hydrogen (secondary N) is 1. The molecule has 1 unspecified atom stereocenters. The van der Waals surface area contributed by atoms with Gasteiger partial charge in [-0.15, -0.1) is 11.3 Å². The van der Waals surface area contributed by atoms with Gasteiger partial charge in [0.15, 0.2) is 0 Å². The zero-order chi connectivity index (χ0) is 13.0. The molecule has 5 heteroatoms. The van der Waals surface area contributed by atoms with Gasteiger partial charge in [-0.1, -0.05) is 12.1 Å². The van der Waals surface area contributed by atoms with Crippen molar-refractivity contribution < 1.29 is 4.79 Å². The second kappa shape index (κ2) is 5.64. The monoisotopic (exact) mass is 261 g/mol. The van der Waals surface area contributed by atoms with Crippen molar-refractivity contribution in [1.82, 2.24) is 4.98 Å². The smallest absolute Gasteiger partial charge is 0.221 e. The Hall–Kier alpha value is -1.88. The number of benzene rings is 1. The van der Waals surface area contributed by atoms with Gasteiger partial charge in [0.25, 0.3) is 0 Å². The minimum absolute atomic E-state index is 0.222. The molecule has 1 aromatic heterocycles. The van der Waals surface area contributed by atoms with E-state index in [0.29, 0.717) is 0 Å². The van der Waals surface area contributed by atoms with E-state index in [1.807, 2.05) is 36.0 Å². The molecule has 0 radical (unpaired) electrons. The Labute approximate surface area is 110 Å². The lowest BCUT2D eigenvalue weighted by Gasteiger charge is -2.13. The molecule has 0 fully saturated rings. The van der Waals surface area contributed by atoms with Crippen LogP contribution in [0.1, 0.15) is 23.4 Å². The molecule has 0 aliphatic carbocycles. The van der Waals surface area contributed by atoms with Gasteiger partial charge in [-0.2, -0.15) is 0 Å². The van der Waals surface area contributed by atoms with Crippen LogP contribution in [0.25, 0.3) is 0 Å². The highest BCUT2D eigenvalue weighted by Crippen LogP contribution is 2.22. The van der Waals surface area contributed by atoms with Gasteiger partial charge in [0.1, 0.15) is 0 Å². The number of carbonyl (C=O) groups is 1. The van der Waals surface area contributed by atoms with Gasteiger partial charge >= 0.3 is 0 Å². The first-order chi connectivity index (χ1) is 8.65. The van der Waals surface area contributed by atoms with Gasteiger partial charge in [-0.25, -0.2) is 0 Å². The number of anilines is 1. The van der Waals surface area contributed by atoms with Crippen LogP contribution in [0.5, 0.6) is 0 Å². The molecule has 1 amide bonds. The number of nitrogens with zero attached hydrogens (tertiary/aromatic N) is 1. The fraction of sp³-hybridized carbons (Fsp3) is 0.231. The molecular formula is C13H15N3OS. The van der Waals surface area contributed by atoms with E-state index in [0.717, 1.165) is 11.3 Å². The van der Waals surface area contributed by atoms with Gasteiger partial charge in [0, 0.05) is 16.8 Å². The second-order valence-corrected chi connectivity index (χ2v) is 5.03. The zero-order valence-corrected chi connectivity index (χ0v) is 10.9. The lowest BCUT2D eigenvalue weighted by atomic mass is 10.1. The van der Waals surface area contributed by atoms with Crippen molar-refractivity contribution in [2.75, 3.05) is 5.32 Å². The summed E-state index contributed by atoms with van der Waals surface area (Å²) in [6.45, 7) is 2.09. The molecule has 1 atom stereocenters. The van der Waals surface area contributed by atoms with E-state index in [1.54, 1.807) is 11.3 Å². The fourth-order valence-corrected chi connectivity index (χ4v) is 2.31. The average Bonchev–Trinajstić information content (AvgIpc) is 2.84. The van der Waals surface area contributed by atoms with Gasteiger partial charge in [0.05, 0.1) is 18.0 Å². The Morgan fingerprint density at radius 2 is 2.17 bits per heavy atom. The Kier molecular flexibility index (Phi) is 3.94. The number of rotatable bonds is 5. The van der Waals surface area contributed by atoms with E-state index in [4.69, 9.17) is 5.73 Å². The first kappa shape index (κ1) is 12.6. The highest BCUT2D eigenvalue weighted by Gasteiger charge is 2.06. The zero-order valence-electron chi connectivity index (χ0n) is 10.1. The summed E-state index contributed by atoms with van der Waals surface area (Å²) in [5, 5.41) is 3.38. The maximum atomic E-state index is 10.8. The normalized spacial score (nSPS) is 12.1.